The summed E-state index contributed by atoms with van der Waals surface area (Å²) in [5.74, 6) is -0.786. The molecule has 0 aromatic heterocycles. The second-order valence-corrected chi connectivity index (χ2v) is 4.90. The van der Waals surface area contributed by atoms with E-state index in [4.69, 9.17) is 5.73 Å². The molecule has 18 heavy (non-hydrogen) atoms. The lowest BCUT2D eigenvalue weighted by Gasteiger charge is -2.20. The molecule has 0 saturated carbocycles. The van der Waals surface area contributed by atoms with Crippen LogP contribution in [0.3, 0.4) is 0 Å². The maximum Gasteiger partial charge on any atom is 0.256 e. The van der Waals surface area contributed by atoms with Crippen molar-refractivity contribution in [1.29, 1.82) is 0 Å². The molecule has 1 atom stereocenters. The highest BCUT2D eigenvalue weighted by Crippen LogP contribution is 2.19. The summed E-state index contributed by atoms with van der Waals surface area (Å²) >= 11 is 0. The minimum atomic E-state index is -0.512. The molecule has 5 heteroatoms. The van der Waals surface area contributed by atoms with Gasteiger partial charge in [0.15, 0.2) is 0 Å². The van der Waals surface area contributed by atoms with E-state index in [1.54, 1.807) is 4.90 Å². The van der Waals surface area contributed by atoms with Crippen molar-refractivity contribution in [2.24, 2.45) is 0 Å². The van der Waals surface area contributed by atoms with Crippen molar-refractivity contribution in [2.75, 3.05) is 32.9 Å². The first-order valence-electron chi connectivity index (χ1n) is 6.00. The standard InChI is InChI=1S/C13H18FN3O/c1-16(2)10-5-6-17(8-10)13(18)11-7-9(15)3-4-12(11)14/h3-4,7,10H,5-6,8,15H2,1-2H3. The maximum absolute atomic E-state index is 13.6. The summed E-state index contributed by atoms with van der Waals surface area (Å²) in [6, 6.07) is 4.44. The molecule has 0 radical (unpaired) electrons. The van der Waals surface area contributed by atoms with Crippen LogP contribution in [0.2, 0.25) is 0 Å². The fourth-order valence-corrected chi connectivity index (χ4v) is 2.22. The van der Waals surface area contributed by atoms with Crippen LogP contribution >= 0.6 is 0 Å². The topological polar surface area (TPSA) is 49.6 Å². The van der Waals surface area contributed by atoms with Gasteiger partial charge in [0.2, 0.25) is 0 Å². The number of halogens is 1. The zero-order valence-electron chi connectivity index (χ0n) is 10.7. The van der Waals surface area contributed by atoms with E-state index in [1.807, 2.05) is 14.1 Å². The monoisotopic (exact) mass is 251 g/mol. The molecule has 1 saturated heterocycles. The minimum Gasteiger partial charge on any atom is -0.399 e. The number of hydrogen-bond acceptors (Lipinski definition) is 3. The Bertz CT molecular complexity index is 462. The van der Waals surface area contributed by atoms with E-state index in [0.717, 1.165) is 6.42 Å². The summed E-state index contributed by atoms with van der Waals surface area (Å²) in [6.45, 7) is 1.30. The van der Waals surface area contributed by atoms with E-state index in [-0.39, 0.29) is 11.5 Å². The number of hydrogen-bond donors (Lipinski definition) is 1. The summed E-state index contributed by atoms with van der Waals surface area (Å²) in [6.07, 6.45) is 0.919. The number of anilines is 1. The second-order valence-electron chi connectivity index (χ2n) is 4.90. The zero-order chi connectivity index (χ0) is 13.3. The van der Waals surface area contributed by atoms with Gasteiger partial charge < -0.3 is 15.5 Å². The van der Waals surface area contributed by atoms with E-state index in [9.17, 15) is 9.18 Å². The van der Waals surface area contributed by atoms with Gasteiger partial charge in [0, 0.05) is 24.8 Å². The average Bonchev–Trinajstić information content (AvgIpc) is 2.81. The number of benzene rings is 1. The van der Waals surface area contributed by atoms with Gasteiger partial charge in [-0.3, -0.25) is 4.79 Å². The Balaban J connectivity index is 2.15. The third-order valence-corrected chi connectivity index (χ3v) is 3.40. The van der Waals surface area contributed by atoms with Gasteiger partial charge >= 0.3 is 0 Å². The van der Waals surface area contributed by atoms with Crippen LogP contribution in [-0.2, 0) is 0 Å². The molecule has 1 unspecified atom stereocenters. The molecule has 2 N–H and O–H groups in total. The Hall–Kier alpha value is -1.62. The van der Waals surface area contributed by atoms with Crippen LogP contribution in [-0.4, -0.2) is 48.9 Å². The number of likely N-dealkylation sites (tertiary alicyclic amines) is 1. The van der Waals surface area contributed by atoms with Crippen LogP contribution in [0.1, 0.15) is 16.8 Å². The van der Waals surface area contributed by atoms with Crippen LogP contribution in [0, 0.1) is 5.82 Å². The van der Waals surface area contributed by atoms with E-state index in [1.165, 1.54) is 18.2 Å². The van der Waals surface area contributed by atoms with Crippen LogP contribution in [0.15, 0.2) is 18.2 Å². The number of rotatable bonds is 2. The lowest BCUT2D eigenvalue weighted by atomic mass is 10.1. The van der Waals surface area contributed by atoms with Crippen LogP contribution in [0.4, 0.5) is 10.1 Å². The summed E-state index contributed by atoms with van der Waals surface area (Å²) < 4.78 is 13.6. The molecular formula is C13H18FN3O. The number of nitrogens with zero attached hydrogens (tertiary/aromatic N) is 2. The molecule has 1 aliphatic heterocycles. The minimum absolute atomic E-state index is 0.0643. The molecule has 98 valence electrons. The molecule has 1 amide bonds. The molecule has 2 rings (SSSR count). The number of amides is 1. The van der Waals surface area contributed by atoms with E-state index in [0.29, 0.717) is 24.8 Å². The molecule has 1 aliphatic rings. The molecule has 0 spiro atoms. The normalized spacial score (nSPS) is 19.6. The van der Waals surface area contributed by atoms with Gasteiger partial charge in [-0.15, -0.1) is 0 Å². The summed E-state index contributed by atoms with van der Waals surface area (Å²) in [4.78, 5) is 16.0. The molecule has 0 aliphatic carbocycles. The Morgan fingerprint density at radius 1 is 1.50 bits per heavy atom. The fraction of sp³-hybridized carbons (Fsp3) is 0.462. The molecule has 0 bridgehead atoms. The van der Waals surface area contributed by atoms with E-state index in [2.05, 4.69) is 4.90 Å². The van der Waals surface area contributed by atoms with Crippen molar-refractivity contribution in [3.8, 4) is 0 Å². The van der Waals surface area contributed by atoms with Crippen LogP contribution in [0.25, 0.3) is 0 Å². The van der Waals surface area contributed by atoms with Crippen molar-refractivity contribution in [2.45, 2.75) is 12.5 Å². The van der Waals surface area contributed by atoms with Gasteiger partial charge in [0.25, 0.3) is 5.91 Å². The number of likely N-dealkylation sites (N-methyl/N-ethyl adjacent to an activating group) is 1. The smallest absolute Gasteiger partial charge is 0.256 e. The first-order chi connectivity index (χ1) is 8.49. The molecular weight excluding hydrogens is 233 g/mol. The van der Waals surface area contributed by atoms with Crippen molar-refractivity contribution in [3.05, 3.63) is 29.6 Å². The average molecular weight is 251 g/mol. The fourth-order valence-electron chi connectivity index (χ4n) is 2.22. The molecule has 1 fully saturated rings. The number of carbonyl (C=O) groups is 1. The first-order valence-corrected chi connectivity index (χ1v) is 6.00. The summed E-state index contributed by atoms with van der Waals surface area (Å²) in [5, 5.41) is 0. The maximum atomic E-state index is 13.6. The highest BCUT2D eigenvalue weighted by atomic mass is 19.1. The SMILES string of the molecule is CN(C)C1CCN(C(=O)c2cc(N)ccc2F)C1. The number of carbonyl (C=O) groups excluding carboxylic acids is 1. The highest BCUT2D eigenvalue weighted by Gasteiger charge is 2.29. The molecule has 4 nitrogen and oxygen atoms in total. The van der Waals surface area contributed by atoms with Gasteiger partial charge in [0.05, 0.1) is 5.56 Å². The van der Waals surface area contributed by atoms with Crippen molar-refractivity contribution >= 4 is 11.6 Å². The third kappa shape index (κ3) is 2.46. The second kappa shape index (κ2) is 4.94. The molecule has 1 aromatic rings. The summed E-state index contributed by atoms with van der Waals surface area (Å²) in [5.41, 5.74) is 6.06. The van der Waals surface area contributed by atoms with Gasteiger partial charge in [0.1, 0.15) is 5.82 Å². The van der Waals surface area contributed by atoms with Crippen molar-refractivity contribution in [3.63, 3.8) is 0 Å². The van der Waals surface area contributed by atoms with Gasteiger partial charge in [-0.05, 0) is 38.7 Å². The number of nitrogens with two attached hydrogens (primary N) is 1. The zero-order valence-corrected chi connectivity index (χ0v) is 10.7. The lowest BCUT2D eigenvalue weighted by molar-refractivity contribution is 0.0778. The summed E-state index contributed by atoms with van der Waals surface area (Å²) in [7, 11) is 3.97. The predicted molar refractivity (Wildman–Crippen MR) is 68.8 cm³/mol. The molecule has 1 aromatic carbocycles. The Kier molecular flexibility index (Phi) is 3.52. The number of nitrogen functional groups attached to an aromatic ring is 1. The van der Waals surface area contributed by atoms with Crippen LogP contribution in [0.5, 0.6) is 0 Å². The van der Waals surface area contributed by atoms with Gasteiger partial charge in [-0.2, -0.15) is 0 Å². The van der Waals surface area contributed by atoms with Crippen molar-refractivity contribution < 1.29 is 9.18 Å². The lowest BCUT2D eigenvalue weighted by Crippen LogP contribution is -2.34. The van der Waals surface area contributed by atoms with Gasteiger partial charge in [-0.25, -0.2) is 4.39 Å². The molecule has 1 heterocycles. The van der Waals surface area contributed by atoms with E-state index >= 15 is 0 Å². The Morgan fingerprint density at radius 3 is 2.83 bits per heavy atom. The largest absolute Gasteiger partial charge is 0.399 e. The Labute approximate surface area is 106 Å². The van der Waals surface area contributed by atoms with E-state index < -0.39 is 5.82 Å². The van der Waals surface area contributed by atoms with Crippen LogP contribution < -0.4 is 5.73 Å². The quantitative estimate of drug-likeness (QED) is 0.803. The predicted octanol–water partition coefficient (Wildman–Crippen LogP) is 1.18. The highest BCUT2D eigenvalue weighted by molar-refractivity contribution is 5.95. The van der Waals surface area contributed by atoms with Crippen molar-refractivity contribution in [1.82, 2.24) is 9.80 Å². The Morgan fingerprint density at radius 2 is 2.22 bits per heavy atom. The third-order valence-electron chi connectivity index (χ3n) is 3.40. The van der Waals surface area contributed by atoms with Gasteiger partial charge in [-0.1, -0.05) is 0 Å². The first kappa shape index (κ1) is 12.8.